The van der Waals surface area contributed by atoms with Crippen molar-refractivity contribution in [2.24, 2.45) is 5.11 Å². The number of carbonyl (C=O) groups is 1. The molecule has 0 amide bonds. The van der Waals surface area contributed by atoms with Crippen molar-refractivity contribution >= 4 is 28.6 Å². The molecule has 3 aliphatic rings. The molecule has 0 aromatic heterocycles. The average molecular weight is 576 g/mol. The molecule has 0 spiro atoms. The van der Waals surface area contributed by atoms with Gasteiger partial charge in [0.1, 0.15) is 24.6 Å². The molecular weight excluding hydrogens is 543 g/mol. The Morgan fingerprint density at radius 2 is 1.40 bits per heavy atom. The highest BCUT2D eigenvalue weighted by molar-refractivity contribution is 6.05. The van der Waals surface area contributed by atoms with Gasteiger partial charge in [-0.1, -0.05) is 30.1 Å². The zero-order valence-electron chi connectivity index (χ0n) is 23.3. The first-order valence-electron chi connectivity index (χ1n) is 14.5. The Hall–Kier alpha value is -4.30. The summed E-state index contributed by atoms with van der Waals surface area (Å²) in [4.78, 5) is 16.8. The van der Waals surface area contributed by atoms with Crippen molar-refractivity contribution in [1.82, 2.24) is 0 Å². The maximum Gasteiger partial charge on any atom is 0.199 e. The first-order valence-corrected chi connectivity index (χ1v) is 14.5. The van der Waals surface area contributed by atoms with Crippen LogP contribution in [-0.2, 0) is 0 Å². The second-order valence-electron chi connectivity index (χ2n) is 10.8. The van der Waals surface area contributed by atoms with Crippen LogP contribution in [0.25, 0.3) is 16.0 Å². The number of carboxylic acids is 1. The summed E-state index contributed by atoms with van der Waals surface area (Å²) in [6.45, 7) is 3.60. The number of halogens is 3. The molecule has 5 rings (SSSR count). The maximum absolute atomic E-state index is 16.0. The Morgan fingerprint density at radius 3 is 1.98 bits per heavy atom. The van der Waals surface area contributed by atoms with Crippen molar-refractivity contribution in [3.8, 4) is 0 Å². The summed E-state index contributed by atoms with van der Waals surface area (Å²) in [6, 6.07) is 7.14. The molecule has 0 radical (unpaired) electrons. The first-order chi connectivity index (χ1) is 20.4. The molecule has 218 valence electrons. The van der Waals surface area contributed by atoms with E-state index >= 15 is 8.78 Å². The van der Waals surface area contributed by atoms with E-state index in [2.05, 4.69) is 19.5 Å². The van der Waals surface area contributed by atoms with Crippen LogP contribution in [0.4, 0.5) is 24.5 Å². The van der Waals surface area contributed by atoms with Gasteiger partial charge in [0.05, 0.1) is 5.97 Å². The summed E-state index contributed by atoms with van der Waals surface area (Å²) in [5, 5.41) is 15.2. The Kier molecular flexibility index (Phi) is 9.12. The predicted octanol–water partition coefficient (Wildman–Crippen LogP) is 6.75. The molecule has 7 nitrogen and oxygen atoms in total. The molecule has 2 fully saturated rings. The number of hydrogen-bond acceptors (Lipinski definition) is 4. The summed E-state index contributed by atoms with van der Waals surface area (Å²) < 4.78 is 48.1. The summed E-state index contributed by atoms with van der Waals surface area (Å²) in [5.74, 6) is -7.31. The molecule has 2 heterocycles. The van der Waals surface area contributed by atoms with Gasteiger partial charge in [-0.2, -0.15) is 0 Å². The van der Waals surface area contributed by atoms with Gasteiger partial charge in [-0.25, -0.2) is 17.7 Å². The minimum atomic E-state index is -2.09. The van der Waals surface area contributed by atoms with Crippen molar-refractivity contribution in [3.05, 3.63) is 98.7 Å². The Labute approximate surface area is 242 Å². The monoisotopic (exact) mass is 575 g/mol. The second kappa shape index (κ2) is 13.1. The number of nitrogens with zero attached hydrogens (tertiary/aromatic N) is 5. The van der Waals surface area contributed by atoms with Crippen LogP contribution in [-0.4, -0.2) is 42.4 Å². The number of benzene rings is 2. The zero-order chi connectivity index (χ0) is 29.6. The summed E-state index contributed by atoms with van der Waals surface area (Å²) in [5.41, 5.74) is 8.36. The molecule has 1 aliphatic carbocycles. The average Bonchev–Trinajstić information content (AvgIpc) is 3.45. The highest BCUT2D eigenvalue weighted by atomic mass is 19.2. The van der Waals surface area contributed by atoms with Gasteiger partial charge in [-0.05, 0) is 72.2 Å². The van der Waals surface area contributed by atoms with Crippen LogP contribution in [0.15, 0.2) is 59.3 Å². The van der Waals surface area contributed by atoms with Gasteiger partial charge in [-0.3, -0.25) is 0 Å². The van der Waals surface area contributed by atoms with Crippen LogP contribution >= 0.6 is 0 Å². The SMILES string of the molecule is [N-]=[N+]=Nc1c(F)c(F)c(C(=O)[O-])c(C(=C2C=CC(=[N+]3CCCCCC3)C=C2)c2ccc(N3CCCCCC3)cc2)c1F. The van der Waals surface area contributed by atoms with Crippen molar-refractivity contribution in [2.75, 3.05) is 31.1 Å². The van der Waals surface area contributed by atoms with Crippen molar-refractivity contribution in [1.29, 1.82) is 0 Å². The van der Waals surface area contributed by atoms with E-state index in [1.165, 1.54) is 0 Å². The van der Waals surface area contributed by atoms with E-state index in [9.17, 15) is 14.3 Å². The Balaban J connectivity index is 1.71. The van der Waals surface area contributed by atoms with E-state index < -0.39 is 40.2 Å². The highest BCUT2D eigenvalue weighted by Crippen LogP contribution is 2.40. The number of rotatable bonds is 5. The molecule has 2 saturated heterocycles. The fourth-order valence-electron chi connectivity index (χ4n) is 6.00. The van der Waals surface area contributed by atoms with Crippen LogP contribution < -0.4 is 10.0 Å². The number of allylic oxidation sites excluding steroid dienone is 5. The van der Waals surface area contributed by atoms with Gasteiger partial charge < -0.3 is 14.8 Å². The molecule has 0 N–H and O–H groups in total. The third-order valence-corrected chi connectivity index (χ3v) is 8.15. The molecule has 0 unspecified atom stereocenters. The third-order valence-electron chi connectivity index (χ3n) is 8.15. The van der Waals surface area contributed by atoms with Gasteiger partial charge >= 0.3 is 0 Å². The van der Waals surface area contributed by atoms with Crippen LogP contribution in [0.3, 0.4) is 0 Å². The fraction of sp³-hybridized carbons (Fsp3) is 0.375. The topological polar surface area (TPSA) is 95.1 Å². The largest absolute Gasteiger partial charge is 0.545 e. The second-order valence-corrected chi connectivity index (χ2v) is 10.8. The molecule has 42 heavy (non-hydrogen) atoms. The standard InChI is InChI=1S/C32H32F3N5O2/c33-28-27(32(41)42)26(29(34)31(30(28)35)37-38-36)25(21-9-13-23(14-10-21)39-17-5-1-2-6-18-39)22-11-15-24(16-12-22)40-19-7-3-4-8-20-40/h9-16H,1-8,17-20H2. The van der Waals surface area contributed by atoms with E-state index in [0.29, 0.717) is 11.1 Å². The summed E-state index contributed by atoms with van der Waals surface area (Å²) >= 11 is 0. The lowest BCUT2D eigenvalue weighted by molar-refractivity contribution is -0.524. The molecule has 10 heteroatoms. The van der Waals surface area contributed by atoms with E-state index in [4.69, 9.17) is 5.53 Å². The maximum atomic E-state index is 16.0. The van der Waals surface area contributed by atoms with Crippen LogP contribution in [0, 0.1) is 17.5 Å². The Bertz CT molecular complexity index is 1520. The number of azide groups is 1. The normalized spacial score (nSPS) is 17.5. The number of carboxylic acid groups (broad SMARTS) is 1. The molecule has 0 saturated carbocycles. The van der Waals surface area contributed by atoms with Crippen LogP contribution in [0.1, 0.15) is 72.9 Å². The lowest BCUT2D eigenvalue weighted by Gasteiger charge is -2.24. The first kappa shape index (κ1) is 29.2. The number of carbonyl (C=O) groups excluding carboxylic acids is 1. The highest BCUT2D eigenvalue weighted by Gasteiger charge is 2.29. The van der Waals surface area contributed by atoms with Crippen LogP contribution in [0.5, 0.6) is 0 Å². The number of anilines is 1. The molecule has 2 aromatic rings. The minimum absolute atomic E-state index is 0.0184. The summed E-state index contributed by atoms with van der Waals surface area (Å²) in [7, 11) is 0. The van der Waals surface area contributed by atoms with E-state index in [-0.39, 0.29) is 5.57 Å². The quantitative estimate of drug-likeness (QED) is 0.130. The molecule has 2 aliphatic heterocycles. The predicted molar refractivity (Wildman–Crippen MR) is 154 cm³/mol. The van der Waals surface area contributed by atoms with Crippen molar-refractivity contribution < 1.29 is 27.6 Å². The molecule has 0 atom stereocenters. The van der Waals surface area contributed by atoms with Gasteiger partial charge in [-0.15, -0.1) is 0 Å². The summed E-state index contributed by atoms with van der Waals surface area (Å²) in [6.07, 6.45) is 16.1. The van der Waals surface area contributed by atoms with Crippen molar-refractivity contribution in [3.63, 3.8) is 0 Å². The van der Waals surface area contributed by atoms with Gasteiger partial charge in [0, 0.05) is 59.8 Å². The van der Waals surface area contributed by atoms with Crippen molar-refractivity contribution in [2.45, 2.75) is 51.4 Å². The molecule has 0 bridgehead atoms. The number of aromatic carboxylic acids is 1. The lowest BCUT2D eigenvalue weighted by atomic mass is 9.87. The lowest BCUT2D eigenvalue weighted by Crippen LogP contribution is -2.27. The van der Waals surface area contributed by atoms with E-state index in [0.717, 1.165) is 88.9 Å². The molecular formula is C32H32F3N5O2. The van der Waals surface area contributed by atoms with Gasteiger partial charge in [0.2, 0.25) is 0 Å². The van der Waals surface area contributed by atoms with E-state index in [1.807, 2.05) is 24.3 Å². The van der Waals surface area contributed by atoms with E-state index in [1.54, 1.807) is 24.3 Å². The van der Waals surface area contributed by atoms with Gasteiger partial charge in [0.25, 0.3) is 0 Å². The molecule has 2 aromatic carbocycles. The minimum Gasteiger partial charge on any atom is -0.545 e. The number of hydrogen-bond donors (Lipinski definition) is 0. The third kappa shape index (κ3) is 5.99. The zero-order valence-corrected chi connectivity index (χ0v) is 23.3. The van der Waals surface area contributed by atoms with Crippen LogP contribution in [0.2, 0.25) is 0 Å². The van der Waals surface area contributed by atoms with Gasteiger partial charge in [0.15, 0.2) is 17.3 Å². The Morgan fingerprint density at radius 1 is 0.810 bits per heavy atom. The smallest absolute Gasteiger partial charge is 0.199 e. The fourth-order valence-corrected chi connectivity index (χ4v) is 6.00.